The number of nitrogens with zero attached hydrogens (tertiary/aromatic N) is 2. The van der Waals surface area contributed by atoms with E-state index >= 15 is 0 Å². The third-order valence-corrected chi connectivity index (χ3v) is 3.84. The number of aryl methyl sites for hydroxylation is 2. The van der Waals surface area contributed by atoms with E-state index in [1.165, 1.54) is 6.42 Å². The SMILES string of the molecule is Cc1nc2ccc(NC(=O)C3CCC3)cn2c1C. The number of anilines is 1. The molecule has 4 nitrogen and oxygen atoms in total. The summed E-state index contributed by atoms with van der Waals surface area (Å²) in [5, 5.41) is 2.98. The van der Waals surface area contributed by atoms with Crippen LogP contribution in [0.2, 0.25) is 0 Å². The minimum Gasteiger partial charge on any atom is -0.325 e. The summed E-state index contributed by atoms with van der Waals surface area (Å²) in [6.07, 6.45) is 5.17. The number of aromatic nitrogens is 2. The highest BCUT2D eigenvalue weighted by atomic mass is 16.1. The maximum atomic E-state index is 11.9. The summed E-state index contributed by atoms with van der Waals surface area (Å²) in [6.45, 7) is 4.03. The van der Waals surface area contributed by atoms with Crippen molar-refractivity contribution < 1.29 is 4.79 Å². The Morgan fingerprint density at radius 1 is 1.39 bits per heavy atom. The molecule has 0 saturated heterocycles. The Morgan fingerprint density at radius 2 is 2.17 bits per heavy atom. The first-order valence-corrected chi connectivity index (χ1v) is 6.41. The highest BCUT2D eigenvalue weighted by molar-refractivity contribution is 5.93. The molecule has 94 valence electrons. The van der Waals surface area contributed by atoms with Crippen LogP contribution in [-0.2, 0) is 4.79 Å². The second kappa shape index (κ2) is 4.12. The molecule has 18 heavy (non-hydrogen) atoms. The van der Waals surface area contributed by atoms with E-state index in [0.717, 1.165) is 35.6 Å². The van der Waals surface area contributed by atoms with E-state index in [1.54, 1.807) is 0 Å². The lowest BCUT2D eigenvalue weighted by Crippen LogP contribution is -2.28. The van der Waals surface area contributed by atoms with Crippen molar-refractivity contribution in [1.29, 1.82) is 0 Å². The molecular weight excluding hydrogens is 226 g/mol. The van der Waals surface area contributed by atoms with Crippen LogP contribution in [0.15, 0.2) is 18.3 Å². The van der Waals surface area contributed by atoms with Gasteiger partial charge in [0.2, 0.25) is 5.91 Å². The second-order valence-corrected chi connectivity index (χ2v) is 5.05. The number of fused-ring (bicyclic) bond motifs is 1. The molecule has 1 aliphatic rings. The molecule has 0 spiro atoms. The molecule has 2 aromatic rings. The molecule has 0 bridgehead atoms. The molecule has 2 aromatic heterocycles. The van der Waals surface area contributed by atoms with Crippen molar-refractivity contribution in [3.05, 3.63) is 29.7 Å². The summed E-state index contributed by atoms with van der Waals surface area (Å²) >= 11 is 0. The van der Waals surface area contributed by atoms with Gasteiger partial charge in [0.05, 0.1) is 11.4 Å². The van der Waals surface area contributed by atoms with Gasteiger partial charge in [-0.15, -0.1) is 0 Å². The van der Waals surface area contributed by atoms with Gasteiger partial charge in [0.1, 0.15) is 5.65 Å². The molecule has 1 fully saturated rings. The lowest BCUT2D eigenvalue weighted by Gasteiger charge is -2.24. The Bertz CT molecular complexity index is 611. The van der Waals surface area contributed by atoms with Crippen LogP contribution in [-0.4, -0.2) is 15.3 Å². The fourth-order valence-electron chi connectivity index (χ4n) is 2.27. The van der Waals surface area contributed by atoms with Gasteiger partial charge in [0.25, 0.3) is 0 Å². The highest BCUT2D eigenvalue weighted by Crippen LogP contribution is 2.27. The Balaban J connectivity index is 1.88. The van der Waals surface area contributed by atoms with Crippen molar-refractivity contribution in [3.8, 4) is 0 Å². The van der Waals surface area contributed by atoms with Gasteiger partial charge in [-0.05, 0) is 38.8 Å². The minimum atomic E-state index is 0.148. The average molecular weight is 243 g/mol. The van der Waals surface area contributed by atoms with E-state index in [0.29, 0.717) is 0 Å². The van der Waals surface area contributed by atoms with Crippen LogP contribution in [0.4, 0.5) is 5.69 Å². The summed E-state index contributed by atoms with van der Waals surface area (Å²) in [7, 11) is 0. The van der Waals surface area contributed by atoms with E-state index in [4.69, 9.17) is 0 Å². The van der Waals surface area contributed by atoms with Crippen LogP contribution in [0.1, 0.15) is 30.7 Å². The smallest absolute Gasteiger partial charge is 0.227 e. The summed E-state index contributed by atoms with van der Waals surface area (Å²) in [5.74, 6) is 0.362. The van der Waals surface area contributed by atoms with Crippen LogP contribution in [0.5, 0.6) is 0 Å². The van der Waals surface area contributed by atoms with Crippen LogP contribution < -0.4 is 5.32 Å². The molecule has 2 heterocycles. The van der Waals surface area contributed by atoms with Crippen molar-refractivity contribution in [3.63, 3.8) is 0 Å². The van der Waals surface area contributed by atoms with Gasteiger partial charge in [-0.25, -0.2) is 4.98 Å². The molecule has 0 unspecified atom stereocenters. The van der Waals surface area contributed by atoms with Crippen LogP contribution in [0.3, 0.4) is 0 Å². The number of nitrogens with one attached hydrogen (secondary N) is 1. The zero-order valence-corrected chi connectivity index (χ0v) is 10.7. The first-order chi connectivity index (χ1) is 8.65. The zero-order valence-electron chi connectivity index (χ0n) is 10.7. The number of amides is 1. The fourth-order valence-corrected chi connectivity index (χ4v) is 2.27. The predicted octanol–water partition coefficient (Wildman–Crippen LogP) is 2.69. The molecular formula is C14H17N3O. The molecule has 0 aliphatic heterocycles. The van der Waals surface area contributed by atoms with Crippen molar-refractivity contribution >= 4 is 17.2 Å². The maximum Gasteiger partial charge on any atom is 0.227 e. The first kappa shape index (κ1) is 11.3. The van der Waals surface area contributed by atoms with Crippen LogP contribution >= 0.6 is 0 Å². The third-order valence-electron chi connectivity index (χ3n) is 3.84. The molecule has 0 radical (unpaired) electrons. The maximum absolute atomic E-state index is 11.9. The van der Waals surface area contributed by atoms with E-state index in [9.17, 15) is 4.79 Å². The second-order valence-electron chi connectivity index (χ2n) is 5.05. The van der Waals surface area contributed by atoms with E-state index in [2.05, 4.69) is 10.3 Å². The zero-order chi connectivity index (χ0) is 12.7. The number of hydrogen-bond donors (Lipinski definition) is 1. The van der Waals surface area contributed by atoms with Crippen molar-refractivity contribution in [2.45, 2.75) is 33.1 Å². The first-order valence-electron chi connectivity index (χ1n) is 6.41. The summed E-state index contributed by atoms with van der Waals surface area (Å²) < 4.78 is 2.02. The molecule has 4 heteroatoms. The Hall–Kier alpha value is -1.84. The Kier molecular flexibility index (Phi) is 2.58. The van der Waals surface area contributed by atoms with Crippen LogP contribution in [0, 0.1) is 19.8 Å². The number of imidazole rings is 1. The van der Waals surface area contributed by atoms with Crippen molar-refractivity contribution in [2.75, 3.05) is 5.32 Å². The Labute approximate surface area is 106 Å². The largest absolute Gasteiger partial charge is 0.325 e. The van der Waals surface area contributed by atoms with Gasteiger partial charge in [-0.3, -0.25) is 4.79 Å². The molecule has 0 aromatic carbocycles. The standard InChI is InChI=1S/C14H17N3O/c1-9-10(2)17-8-12(6-7-13(17)15-9)16-14(18)11-4-3-5-11/h6-8,11H,3-5H2,1-2H3,(H,16,18). The molecule has 0 atom stereocenters. The Morgan fingerprint density at radius 3 is 2.83 bits per heavy atom. The molecule has 1 aliphatic carbocycles. The minimum absolute atomic E-state index is 0.148. The van der Waals surface area contributed by atoms with Crippen molar-refractivity contribution in [2.24, 2.45) is 5.92 Å². The summed E-state index contributed by atoms with van der Waals surface area (Å²) in [6, 6.07) is 3.86. The van der Waals surface area contributed by atoms with Gasteiger partial charge in [-0.2, -0.15) is 0 Å². The lowest BCUT2D eigenvalue weighted by atomic mass is 9.85. The number of carbonyl (C=O) groups excluding carboxylic acids is 1. The van der Waals surface area contributed by atoms with Crippen LogP contribution in [0.25, 0.3) is 5.65 Å². The van der Waals surface area contributed by atoms with E-state index in [-0.39, 0.29) is 11.8 Å². The van der Waals surface area contributed by atoms with Gasteiger partial charge in [-0.1, -0.05) is 6.42 Å². The van der Waals surface area contributed by atoms with Gasteiger partial charge >= 0.3 is 0 Å². The number of carbonyl (C=O) groups is 1. The van der Waals surface area contributed by atoms with Gasteiger partial charge < -0.3 is 9.72 Å². The topological polar surface area (TPSA) is 46.4 Å². The van der Waals surface area contributed by atoms with E-state index in [1.807, 2.05) is 36.6 Å². The van der Waals surface area contributed by atoms with E-state index < -0.39 is 0 Å². The molecule has 1 amide bonds. The molecule has 1 saturated carbocycles. The highest BCUT2D eigenvalue weighted by Gasteiger charge is 2.25. The monoisotopic (exact) mass is 243 g/mol. The van der Waals surface area contributed by atoms with Crippen molar-refractivity contribution in [1.82, 2.24) is 9.38 Å². The quantitative estimate of drug-likeness (QED) is 0.881. The van der Waals surface area contributed by atoms with Gasteiger partial charge in [0.15, 0.2) is 0 Å². The number of rotatable bonds is 2. The summed E-state index contributed by atoms with van der Waals surface area (Å²) in [5.41, 5.74) is 3.91. The predicted molar refractivity (Wildman–Crippen MR) is 70.6 cm³/mol. The normalized spacial score (nSPS) is 15.7. The average Bonchev–Trinajstić information content (AvgIpc) is 2.53. The lowest BCUT2D eigenvalue weighted by molar-refractivity contribution is -0.122. The third kappa shape index (κ3) is 1.78. The molecule has 1 N–H and O–H groups in total. The fraction of sp³-hybridized carbons (Fsp3) is 0.429. The summed E-state index contributed by atoms with van der Waals surface area (Å²) in [4.78, 5) is 16.3. The molecule has 3 rings (SSSR count). The number of hydrogen-bond acceptors (Lipinski definition) is 2. The van der Waals surface area contributed by atoms with Gasteiger partial charge in [0, 0.05) is 17.8 Å². The number of pyridine rings is 1.